The van der Waals surface area contributed by atoms with Gasteiger partial charge in [0.25, 0.3) is 0 Å². The number of hydrogen-bond acceptors (Lipinski definition) is 2. The minimum absolute atomic E-state index is 0.468. The van der Waals surface area contributed by atoms with E-state index in [1.807, 2.05) is 12.1 Å². The topological polar surface area (TPSA) is 33.8 Å². The first-order valence-electron chi connectivity index (χ1n) is 8.30. The Morgan fingerprint density at radius 2 is 1.36 bits per heavy atom. The lowest BCUT2D eigenvalue weighted by atomic mass is 10.0. The van der Waals surface area contributed by atoms with Gasteiger partial charge in [0, 0.05) is 26.9 Å². The van der Waals surface area contributed by atoms with Crippen molar-refractivity contribution in [1.82, 2.24) is 4.40 Å². The summed E-state index contributed by atoms with van der Waals surface area (Å²) in [5.41, 5.74) is 4.03. The molecule has 0 aliphatic heterocycles. The number of rotatable bonds is 1. The van der Waals surface area contributed by atoms with Gasteiger partial charge in [-0.1, -0.05) is 54.6 Å². The molecular formula is C22H12N2O. The van der Waals surface area contributed by atoms with E-state index in [2.05, 4.69) is 64.2 Å². The van der Waals surface area contributed by atoms with Gasteiger partial charge < -0.3 is 4.40 Å². The Morgan fingerprint density at radius 1 is 0.640 bits per heavy atom. The molecule has 0 spiro atoms. The van der Waals surface area contributed by atoms with Crippen molar-refractivity contribution >= 4 is 54.6 Å². The Kier molecular flexibility index (Phi) is 2.24. The molecular weight excluding hydrogens is 308 g/mol. The molecule has 0 fully saturated rings. The molecule has 0 atom stereocenters. The van der Waals surface area contributed by atoms with E-state index >= 15 is 0 Å². The maximum Gasteiger partial charge on any atom is 0.108 e. The summed E-state index contributed by atoms with van der Waals surface area (Å²) in [4.78, 5) is 11.0. The molecule has 0 saturated carbocycles. The van der Waals surface area contributed by atoms with Crippen LogP contribution in [0.5, 0.6) is 0 Å². The molecule has 3 nitrogen and oxygen atoms in total. The molecule has 0 aliphatic carbocycles. The molecule has 2 aromatic heterocycles. The quantitative estimate of drug-likeness (QED) is 0.323. The summed E-state index contributed by atoms with van der Waals surface area (Å²) in [5, 5.41) is 10.3. The van der Waals surface area contributed by atoms with Crippen molar-refractivity contribution in [3.63, 3.8) is 0 Å². The highest BCUT2D eigenvalue weighted by molar-refractivity contribution is 6.27. The van der Waals surface area contributed by atoms with Gasteiger partial charge in [-0.25, -0.2) is 0 Å². The van der Waals surface area contributed by atoms with Crippen LogP contribution < -0.4 is 0 Å². The zero-order valence-electron chi connectivity index (χ0n) is 13.2. The normalized spacial score (nSPS) is 12.2. The maximum absolute atomic E-state index is 11.0. The summed E-state index contributed by atoms with van der Waals surface area (Å²) < 4.78 is 2.34. The standard InChI is InChI=1S/C22H12N2O/c25-23-14-9-11-20-19(12-14)17-7-3-6-16-18-10-8-13-4-1-2-5-15(13)21(18)24(20)22(16)17/h1-12H. The molecule has 0 radical (unpaired) electrons. The number of fused-ring (bicyclic) bond motifs is 8. The molecule has 6 aromatic rings. The van der Waals surface area contributed by atoms with Crippen molar-refractivity contribution in [3.05, 3.63) is 77.7 Å². The zero-order valence-corrected chi connectivity index (χ0v) is 13.2. The minimum Gasteiger partial charge on any atom is -0.307 e. The minimum atomic E-state index is 0.468. The van der Waals surface area contributed by atoms with Gasteiger partial charge in [-0.05, 0) is 28.8 Å². The van der Waals surface area contributed by atoms with Crippen LogP contribution in [0.3, 0.4) is 0 Å². The highest BCUT2D eigenvalue weighted by Crippen LogP contribution is 2.41. The predicted molar refractivity (Wildman–Crippen MR) is 104 cm³/mol. The van der Waals surface area contributed by atoms with Crippen LogP contribution in [0.4, 0.5) is 5.69 Å². The van der Waals surface area contributed by atoms with E-state index in [0.717, 1.165) is 10.9 Å². The molecule has 2 heterocycles. The van der Waals surface area contributed by atoms with Crippen LogP contribution >= 0.6 is 0 Å². The van der Waals surface area contributed by atoms with E-state index < -0.39 is 0 Å². The van der Waals surface area contributed by atoms with Gasteiger partial charge in [0.1, 0.15) is 5.69 Å². The lowest BCUT2D eigenvalue weighted by Gasteiger charge is -2.03. The summed E-state index contributed by atoms with van der Waals surface area (Å²) in [7, 11) is 0. The van der Waals surface area contributed by atoms with Gasteiger partial charge in [0.2, 0.25) is 0 Å². The number of para-hydroxylation sites is 1. The van der Waals surface area contributed by atoms with Crippen LogP contribution in [-0.2, 0) is 0 Å². The van der Waals surface area contributed by atoms with Crippen LogP contribution in [0.2, 0.25) is 0 Å². The average Bonchev–Trinajstić information content (AvgIpc) is 3.19. The highest BCUT2D eigenvalue weighted by atomic mass is 16.3. The van der Waals surface area contributed by atoms with E-state index in [0.29, 0.717) is 5.69 Å². The fourth-order valence-electron chi connectivity index (χ4n) is 4.28. The molecule has 0 bridgehead atoms. The SMILES string of the molecule is O=Nc1ccc2c(c1)c1cccc3c4ccc5ccccc5c4n2c13. The fourth-order valence-corrected chi connectivity index (χ4v) is 4.28. The van der Waals surface area contributed by atoms with Crippen molar-refractivity contribution in [2.24, 2.45) is 5.18 Å². The molecule has 0 amide bonds. The van der Waals surface area contributed by atoms with Crippen molar-refractivity contribution < 1.29 is 0 Å². The third-order valence-electron chi connectivity index (χ3n) is 5.29. The molecule has 3 heteroatoms. The predicted octanol–water partition coefficient (Wildman–Crippen LogP) is 6.39. The van der Waals surface area contributed by atoms with Gasteiger partial charge in [-0.2, -0.15) is 0 Å². The molecule has 116 valence electrons. The largest absolute Gasteiger partial charge is 0.307 e. The van der Waals surface area contributed by atoms with E-state index in [9.17, 15) is 4.91 Å². The monoisotopic (exact) mass is 320 g/mol. The van der Waals surface area contributed by atoms with Crippen LogP contribution in [0.25, 0.3) is 48.9 Å². The lowest BCUT2D eigenvalue weighted by molar-refractivity contribution is 1.38. The van der Waals surface area contributed by atoms with E-state index in [1.54, 1.807) is 6.07 Å². The van der Waals surface area contributed by atoms with E-state index in [1.165, 1.54) is 38.0 Å². The van der Waals surface area contributed by atoms with Crippen molar-refractivity contribution in [2.45, 2.75) is 0 Å². The van der Waals surface area contributed by atoms with Crippen LogP contribution in [0.1, 0.15) is 0 Å². The lowest BCUT2D eigenvalue weighted by Crippen LogP contribution is -1.82. The third kappa shape index (κ3) is 1.46. The summed E-state index contributed by atoms with van der Waals surface area (Å²) in [6, 6.07) is 25.0. The number of benzene rings is 4. The average molecular weight is 320 g/mol. The Balaban J connectivity index is 2.03. The van der Waals surface area contributed by atoms with Gasteiger partial charge in [-0.15, -0.1) is 4.91 Å². The van der Waals surface area contributed by atoms with Crippen LogP contribution in [0, 0.1) is 4.91 Å². The van der Waals surface area contributed by atoms with Crippen molar-refractivity contribution in [3.8, 4) is 0 Å². The van der Waals surface area contributed by atoms with Crippen molar-refractivity contribution in [2.75, 3.05) is 0 Å². The summed E-state index contributed by atoms with van der Waals surface area (Å²) in [6.07, 6.45) is 0. The van der Waals surface area contributed by atoms with E-state index in [-0.39, 0.29) is 0 Å². The zero-order chi connectivity index (χ0) is 16.5. The number of aromatic nitrogens is 1. The first-order chi connectivity index (χ1) is 12.4. The molecule has 6 rings (SSSR count). The van der Waals surface area contributed by atoms with Gasteiger partial charge in [0.05, 0.1) is 16.6 Å². The molecule has 0 aliphatic rings. The number of hydrogen-bond donors (Lipinski definition) is 0. The molecule has 25 heavy (non-hydrogen) atoms. The summed E-state index contributed by atoms with van der Waals surface area (Å²) >= 11 is 0. The van der Waals surface area contributed by atoms with Crippen LogP contribution in [0.15, 0.2) is 78.0 Å². The maximum atomic E-state index is 11.0. The summed E-state index contributed by atoms with van der Waals surface area (Å²) in [5.74, 6) is 0. The molecule has 0 N–H and O–H groups in total. The van der Waals surface area contributed by atoms with Gasteiger partial charge in [0.15, 0.2) is 0 Å². The Hall–Kier alpha value is -3.46. The second kappa shape index (κ2) is 4.33. The smallest absolute Gasteiger partial charge is 0.108 e. The Labute approximate surface area is 142 Å². The first kappa shape index (κ1) is 12.9. The highest BCUT2D eigenvalue weighted by Gasteiger charge is 2.18. The molecule has 4 aromatic carbocycles. The third-order valence-corrected chi connectivity index (χ3v) is 5.29. The first-order valence-corrected chi connectivity index (χ1v) is 8.30. The molecule has 0 unspecified atom stereocenters. The second-order valence-electron chi connectivity index (χ2n) is 6.51. The van der Waals surface area contributed by atoms with Gasteiger partial charge in [-0.3, -0.25) is 0 Å². The summed E-state index contributed by atoms with van der Waals surface area (Å²) in [6.45, 7) is 0. The Morgan fingerprint density at radius 3 is 2.24 bits per heavy atom. The number of nitroso groups, excluding NO2 is 1. The molecule has 0 saturated heterocycles. The van der Waals surface area contributed by atoms with Crippen LogP contribution in [-0.4, -0.2) is 4.40 Å². The fraction of sp³-hybridized carbons (Fsp3) is 0. The second-order valence-corrected chi connectivity index (χ2v) is 6.51. The number of nitrogens with zero attached hydrogens (tertiary/aromatic N) is 2. The van der Waals surface area contributed by atoms with Gasteiger partial charge >= 0.3 is 0 Å². The van der Waals surface area contributed by atoms with E-state index in [4.69, 9.17) is 0 Å². The van der Waals surface area contributed by atoms with Crippen molar-refractivity contribution in [1.29, 1.82) is 0 Å². The Bertz CT molecular complexity index is 1460.